The van der Waals surface area contributed by atoms with Crippen LogP contribution in [0.3, 0.4) is 0 Å². The number of thiophene rings is 1. The van der Waals surface area contributed by atoms with Crippen molar-refractivity contribution in [3.8, 4) is 0 Å². The van der Waals surface area contributed by atoms with Crippen LogP contribution in [0.4, 0.5) is 0 Å². The second kappa shape index (κ2) is 6.77. The van der Waals surface area contributed by atoms with Crippen LogP contribution in [0, 0.1) is 0 Å². The number of nitrogens with zero attached hydrogens (tertiary/aromatic N) is 1. The molecule has 0 radical (unpaired) electrons. The fraction of sp³-hybridized carbons (Fsp3) is 0.615. The average Bonchev–Trinajstić information content (AvgIpc) is 2.77. The molecule has 1 aromatic heterocycles. The van der Waals surface area contributed by atoms with Gasteiger partial charge >= 0.3 is 5.97 Å². The van der Waals surface area contributed by atoms with Gasteiger partial charge in [-0.2, -0.15) is 0 Å². The molecule has 17 heavy (non-hydrogen) atoms. The van der Waals surface area contributed by atoms with Crippen molar-refractivity contribution in [1.82, 2.24) is 4.90 Å². The van der Waals surface area contributed by atoms with E-state index in [9.17, 15) is 4.79 Å². The maximum absolute atomic E-state index is 11.8. The molecule has 0 aliphatic carbocycles. The van der Waals surface area contributed by atoms with Gasteiger partial charge in [0.2, 0.25) is 0 Å². The van der Waals surface area contributed by atoms with Crippen molar-refractivity contribution in [2.24, 2.45) is 0 Å². The van der Waals surface area contributed by atoms with Gasteiger partial charge in [0.05, 0.1) is 6.61 Å². The van der Waals surface area contributed by atoms with Crippen molar-refractivity contribution in [2.75, 3.05) is 6.61 Å². The summed E-state index contributed by atoms with van der Waals surface area (Å²) < 4.78 is 5.08. The summed E-state index contributed by atoms with van der Waals surface area (Å²) in [5, 5.41) is 2.06. The van der Waals surface area contributed by atoms with Crippen LogP contribution >= 0.6 is 11.3 Å². The van der Waals surface area contributed by atoms with Crippen LogP contribution in [0.5, 0.6) is 0 Å². The van der Waals surface area contributed by atoms with Gasteiger partial charge in [-0.3, -0.25) is 9.69 Å². The molecule has 0 aliphatic heterocycles. The first-order valence-corrected chi connectivity index (χ1v) is 6.89. The highest BCUT2D eigenvalue weighted by atomic mass is 32.1. The van der Waals surface area contributed by atoms with Crippen molar-refractivity contribution >= 4 is 17.3 Å². The number of rotatable bonds is 6. The largest absolute Gasteiger partial charge is 0.465 e. The van der Waals surface area contributed by atoms with E-state index in [2.05, 4.69) is 30.2 Å². The molecule has 3 nitrogen and oxygen atoms in total. The molecule has 0 aromatic carbocycles. The lowest BCUT2D eigenvalue weighted by molar-refractivity contribution is -0.149. The molecule has 0 saturated heterocycles. The topological polar surface area (TPSA) is 29.5 Å². The van der Waals surface area contributed by atoms with Crippen molar-refractivity contribution in [3.05, 3.63) is 22.4 Å². The van der Waals surface area contributed by atoms with Gasteiger partial charge in [0, 0.05) is 17.5 Å². The monoisotopic (exact) mass is 255 g/mol. The zero-order valence-electron chi connectivity index (χ0n) is 11.0. The van der Waals surface area contributed by atoms with Crippen molar-refractivity contribution in [2.45, 2.75) is 46.3 Å². The second-order valence-corrected chi connectivity index (χ2v) is 5.31. The van der Waals surface area contributed by atoms with Crippen LogP contribution in [-0.4, -0.2) is 29.6 Å². The molecule has 1 unspecified atom stereocenters. The first-order valence-electron chi connectivity index (χ1n) is 6.01. The van der Waals surface area contributed by atoms with Crippen LogP contribution in [0.25, 0.3) is 0 Å². The minimum atomic E-state index is -0.197. The lowest BCUT2D eigenvalue weighted by Crippen LogP contribution is -2.43. The summed E-state index contributed by atoms with van der Waals surface area (Å²) in [6, 6.07) is 4.25. The van der Waals surface area contributed by atoms with Crippen LogP contribution < -0.4 is 0 Å². The smallest absolute Gasteiger partial charge is 0.323 e. The lowest BCUT2D eigenvalue weighted by Gasteiger charge is -2.30. The molecular formula is C13H21NO2S. The number of carbonyl (C=O) groups is 1. The normalized spacial score (nSPS) is 13.1. The standard InChI is InChI=1S/C13H21NO2S/c1-5-16-13(15)11(4)14(10(2)3)9-12-7-6-8-17-12/h6-8,10-11H,5,9H2,1-4H3. The minimum Gasteiger partial charge on any atom is -0.465 e. The zero-order chi connectivity index (χ0) is 12.8. The third-order valence-electron chi connectivity index (χ3n) is 2.71. The van der Waals surface area contributed by atoms with Crippen LogP contribution in [0.1, 0.15) is 32.6 Å². The van der Waals surface area contributed by atoms with E-state index in [0.29, 0.717) is 12.6 Å². The Balaban J connectivity index is 2.68. The molecule has 1 heterocycles. The Hall–Kier alpha value is -0.870. The summed E-state index contributed by atoms with van der Waals surface area (Å²) in [5.41, 5.74) is 0. The molecule has 1 atom stereocenters. The highest BCUT2D eigenvalue weighted by Crippen LogP contribution is 2.17. The Bertz CT molecular complexity index is 335. The molecule has 0 amide bonds. The van der Waals surface area contributed by atoms with Gasteiger partial charge in [0.1, 0.15) is 6.04 Å². The maximum atomic E-state index is 11.8. The first-order chi connectivity index (χ1) is 8.06. The first kappa shape index (κ1) is 14.2. The molecule has 0 N–H and O–H groups in total. The average molecular weight is 255 g/mol. The highest BCUT2D eigenvalue weighted by molar-refractivity contribution is 7.09. The third-order valence-corrected chi connectivity index (χ3v) is 3.57. The Morgan fingerprint density at radius 3 is 2.65 bits per heavy atom. The maximum Gasteiger partial charge on any atom is 0.323 e. The van der Waals surface area contributed by atoms with Gasteiger partial charge in [0.15, 0.2) is 0 Å². The molecule has 0 fully saturated rings. The van der Waals surface area contributed by atoms with E-state index in [0.717, 1.165) is 6.54 Å². The van der Waals surface area contributed by atoms with Crippen molar-refractivity contribution in [1.29, 1.82) is 0 Å². The third kappa shape index (κ3) is 4.13. The molecule has 0 spiro atoms. The molecule has 4 heteroatoms. The van der Waals surface area contributed by atoms with Crippen molar-refractivity contribution in [3.63, 3.8) is 0 Å². The number of esters is 1. The van der Waals surface area contributed by atoms with Gasteiger partial charge in [-0.1, -0.05) is 6.07 Å². The summed E-state index contributed by atoms with van der Waals surface area (Å²) in [4.78, 5) is 15.2. The molecule has 96 valence electrons. The van der Waals surface area contributed by atoms with E-state index < -0.39 is 0 Å². The molecule has 1 aromatic rings. The number of hydrogen-bond donors (Lipinski definition) is 0. The fourth-order valence-electron chi connectivity index (χ4n) is 1.75. The van der Waals surface area contributed by atoms with Gasteiger partial charge in [-0.05, 0) is 39.1 Å². The quantitative estimate of drug-likeness (QED) is 0.732. The Labute approximate surface area is 107 Å². The Morgan fingerprint density at radius 1 is 1.47 bits per heavy atom. The predicted molar refractivity (Wildman–Crippen MR) is 71.1 cm³/mol. The SMILES string of the molecule is CCOC(=O)C(C)N(Cc1cccs1)C(C)C. The summed E-state index contributed by atoms with van der Waals surface area (Å²) >= 11 is 1.72. The minimum absolute atomic E-state index is 0.141. The van der Waals surface area contributed by atoms with E-state index in [1.54, 1.807) is 11.3 Å². The van der Waals surface area contributed by atoms with Crippen LogP contribution in [-0.2, 0) is 16.1 Å². The second-order valence-electron chi connectivity index (χ2n) is 4.27. The van der Waals surface area contributed by atoms with E-state index in [-0.39, 0.29) is 12.0 Å². The Morgan fingerprint density at radius 2 is 2.18 bits per heavy atom. The lowest BCUT2D eigenvalue weighted by atomic mass is 10.2. The van der Waals surface area contributed by atoms with E-state index >= 15 is 0 Å². The van der Waals surface area contributed by atoms with E-state index in [4.69, 9.17) is 4.74 Å². The number of carbonyl (C=O) groups excluding carboxylic acids is 1. The zero-order valence-corrected chi connectivity index (χ0v) is 11.8. The van der Waals surface area contributed by atoms with Crippen LogP contribution in [0.15, 0.2) is 17.5 Å². The number of hydrogen-bond acceptors (Lipinski definition) is 4. The van der Waals surface area contributed by atoms with Gasteiger partial charge < -0.3 is 4.74 Å². The predicted octanol–water partition coefficient (Wildman–Crippen LogP) is 2.91. The highest BCUT2D eigenvalue weighted by Gasteiger charge is 2.24. The molecule has 1 rings (SSSR count). The summed E-state index contributed by atoms with van der Waals surface area (Å²) in [6.07, 6.45) is 0. The molecular weight excluding hydrogens is 234 g/mol. The Kier molecular flexibility index (Phi) is 5.65. The van der Waals surface area contributed by atoms with Gasteiger partial charge in [-0.25, -0.2) is 0 Å². The molecule has 0 bridgehead atoms. The van der Waals surface area contributed by atoms with Crippen LogP contribution in [0.2, 0.25) is 0 Å². The number of ether oxygens (including phenoxy) is 1. The summed E-state index contributed by atoms with van der Waals surface area (Å²) in [7, 11) is 0. The summed E-state index contributed by atoms with van der Waals surface area (Å²) in [5.74, 6) is -0.141. The summed E-state index contributed by atoms with van der Waals surface area (Å²) in [6.45, 7) is 9.19. The van der Waals surface area contributed by atoms with E-state index in [1.165, 1.54) is 4.88 Å². The molecule has 0 aliphatic rings. The van der Waals surface area contributed by atoms with Crippen molar-refractivity contribution < 1.29 is 9.53 Å². The fourth-order valence-corrected chi connectivity index (χ4v) is 2.46. The van der Waals surface area contributed by atoms with Gasteiger partial charge in [0.25, 0.3) is 0 Å². The van der Waals surface area contributed by atoms with E-state index in [1.807, 2.05) is 19.9 Å². The van der Waals surface area contributed by atoms with Gasteiger partial charge in [-0.15, -0.1) is 11.3 Å². The molecule has 0 saturated carbocycles.